The van der Waals surface area contributed by atoms with Gasteiger partial charge in [-0.2, -0.15) is 0 Å². The number of hydrogen-bond acceptors (Lipinski definition) is 5. The molecule has 0 unspecified atom stereocenters. The van der Waals surface area contributed by atoms with Crippen LogP contribution in [0.3, 0.4) is 0 Å². The van der Waals surface area contributed by atoms with Gasteiger partial charge in [-0.1, -0.05) is 49.4 Å². The highest BCUT2D eigenvalue weighted by molar-refractivity contribution is 5.97. The number of benzene rings is 2. The Balaban J connectivity index is 1.74. The van der Waals surface area contributed by atoms with Crippen LogP contribution in [0.15, 0.2) is 72.9 Å². The molecule has 2 amide bonds. The van der Waals surface area contributed by atoms with Gasteiger partial charge in [-0.3, -0.25) is 19.4 Å². The van der Waals surface area contributed by atoms with Crippen LogP contribution in [0.25, 0.3) is 11.3 Å². The van der Waals surface area contributed by atoms with E-state index in [-0.39, 0.29) is 17.8 Å². The summed E-state index contributed by atoms with van der Waals surface area (Å²) in [5.41, 5.74) is 2.06. The van der Waals surface area contributed by atoms with E-state index < -0.39 is 35.3 Å². The Morgan fingerprint density at radius 1 is 1.00 bits per heavy atom. The number of esters is 1. The van der Waals surface area contributed by atoms with Gasteiger partial charge in [0, 0.05) is 17.3 Å². The van der Waals surface area contributed by atoms with E-state index in [1.54, 1.807) is 31.2 Å². The Morgan fingerprint density at radius 3 is 2.27 bits per heavy atom. The van der Waals surface area contributed by atoms with E-state index in [2.05, 4.69) is 15.6 Å². The topological polar surface area (TPSA) is 97.4 Å². The first-order valence-corrected chi connectivity index (χ1v) is 12.0. The van der Waals surface area contributed by atoms with Gasteiger partial charge in [0.25, 0.3) is 5.91 Å². The van der Waals surface area contributed by atoms with Crippen molar-refractivity contribution in [2.45, 2.75) is 45.2 Å². The Morgan fingerprint density at radius 2 is 1.68 bits per heavy atom. The second-order valence-electron chi connectivity index (χ2n) is 9.66. The lowest BCUT2D eigenvalue weighted by molar-refractivity contribution is -0.145. The SMILES string of the molecule is COC(=O)[C@@H](C)C[C@H](NC(=O)c1ccc(-c2ccccc2)nc1)C(=O)NC(C)(C)Cc1ccc(F)cc1. The monoisotopic (exact) mass is 505 g/mol. The fraction of sp³-hybridized carbons (Fsp3) is 0.310. The molecule has 3 rings (SSSR count). The zero-order valence-electron chi connectivity index (χ0n) is 21.5. The first kappa shape index (κ1) is 27.5. The lowest BCUT2D eigenvalue weighted by atomic mass is 9.93. The highest BCUT2D eigenvalue weighted by Crippen LogP contribution is 2.18. The highest BCUT2D eigenvalue weighted by Gasteiger charge is 2.31. The quantitative estimate of drug-likeness (QED) is 0.400. The average Bonchev–Trinajstić information content (AvgIpc) is 2.89. The average molecular weight is 506 g/mol. The zero-order valence-corrected chi connectivity index (χ0v) is 21.5. The molecule has 0 aliphatic carbocycles. The fourth-order valence-corrected chi connectivity index (χ4v) is 4.01. The predicted molar refractivity (Wildman–Crippen MR) is 139 cm³/mol. The molecule has 8 heteroatoms. The van der Waals surface area contributed by atoms with Crippen molar-refractivity contribution in [1.82, 2.24) is 15.6 Å². The van der Waals surface area contributed by atoms with Crippen molar-refractivity contribution >= 4 is 17.8 Å². The number of aromatic nitrogens is 1. The Labute approximate surface area is 216 Å². The van der Waals surface area contributed by atoms with Crippen LogP contribution in [0, 0.1) is 11.7 Å². The van der Waals surface area contributed by atoms with Crippen LogP contribution >= 0.6 is 0 Å². The van der Waals surface area contributed by atoms with Gasteiger partial charge in [-0.05, 0) is 56.5 Å². The molecule has 1 heterocycles. The number of methoxy groups -OCH3 is 1. The van der Waals surface area contributed by atoms with E-state index >= 15 is 0 Å². The molecule has 0 saturated carbocycles. The van der Waals surface area contributed by atoms with Crippen molar-refractivity contribution in [2.75, 3.05) is 7.11 Å². The van der Waals surface area contributed by atoms with Crippen molar-refractivity contribution in [3.8, 4) is 11.3 Å². The number of amides is 2. The summed E-state index contributed by atoms with van der Waals surface area (Å²) in [6, 6.07) is 18.0. The van der Waals surface area contributed by atoms with Crippen molar-refractivity contribution in [3.05, 3.63) is 89.9 Å². The molecule has 0 radical (unpaired) electrons. The summed E-state index contributed by atoms with van der Waals surface area (Å²) >= 11 is 0. The number of pyridine rings is 1. The number of halogens is 1. The van der Waals surface area contributed by atoms with Gasteiger partial charge in [0.1, 0.15) is 11.9 Å². The van der Waals surface area contributed by atoms with Crippen molar-refractivity contribution in [1.29, 1.82) is 0 Å². The standard InChI is InChI=1S/C29H32FN3O4/c1-19(28(36)37-4)16-25(27(35)33-29(2,3)17-20-10-13-23(30)14-11-20)32-26(34)22-12-15-24(31-18-22)21-8-6-5-7-9-21/h5-15,18-19,25H,16-17H2,1-4H3,(H,32,34)(H,33,35)/t19-,25-/m0/s1. The first-order chi connectivity index (χ1) is 17.6. The van der Waals surface area contributed by atoms with Crippen molar-refractivity contribution in [2.24, 2.45) is 5.92 Å². The van der Waals surface area contributed by atoms with E-state index in [9.17, 15) is 18.8 Å². The minimum atomic E-state index is -0.997. The summed E-state index contributed by atoms with van der Waals surface area (Å²) in [6.07, 6.45) is 1.94. The minimum Gasteiger partial charge on any atom is -0.469 e. The van der Waals surface area contributed by atoms with Crippen molar-refractivity contribution < 1.29 is 23.5 Å². The van der Waals surface area contributed by atoms with Crippen LogP contribution in [-0.2, 0) is 20.7 Å². The van der Waals surface area contributed by atoms with Crippen LogP contribution in [-0.4, -0.2) is 41.5 Å². The molecule has 0 aliphatic heterocycles. The van der Waals surface area contributed by atoms with Crippen LogP contribution in [0.4, 0.5) is 4.39 Å². The maximum Gasteiger partial charge on any atom is 0.308 e. The molecule has 0 bridgehead atoms. The molecule has 2 aromatic carbocycles. The van der Waals surface area contributed by atoms with Gasteiger partial charge in [0.15, 0.2) is 0 Å². The largest absolute Gasteiger partial charge is 0.469 e. The lowest BCUT2D eigenvalue weighted by Crippen LogP contribution is -2.54. The predicted octanol–water partition coefficient (Wildman–Crippen LogP) is 4.32. The van der Waals surface area contributed by atoms with Gasteiger partial charge in [0.05, 0.1) is 24.3 Å². The molecule has 1 aromatic heterocycles. The smallest absolute Gasteiger partial charge is 0.308 e. The van der Waals surface area contributed by atoms with Crippen LogP contribution in [0.1, 0.15) is 43.1 Å². The molecule has 0 spiro atoms. The molecular weight excluding hydrogens is 473 g/mol. The molecule has 194 valence electrons. The van der Waals surface area contributed by atoms with Crippen LogP contribution in [0.5, 0.6) is 0 Å². The van der Waals surface area contributed by atoms with Gasteiger partial charge < -0.3 is 15.4 Å². The van der Waals surface area contributed by atoms with Crippen LogP contribution < -0.4 is 10.6 Å². The zero-order chi connectivity index (χ0) is 27.0. The second kappa shape index (κ2) is 12.3. The number of hydrogen-bond donors (Lipinski definition) is 2. The number of ether oxygens (including phenoxy) is 1. The number of carbonyl (C=O) groups is 3. The summed E-state index contributed by atoms with van der Waals surface area (Å²) in [6.45, 7) is 5.31. The van der Waals surface area contributed by atoms with Gasteiger partial charge >= 0.3 is 5.97 Å². The van der Waals surface area contributed by atoms with E-state index in [0.717, 1.165) is 11.1 Å². The summed E-state index contributed by atoms with van der Waals surface area (Å²) in [7, 11) is 1.28. The third kappa shape index (κ3) is 7.96. The van der Waals surface area contributed by atoms with Crippen molar-refractivity contribution in [3.63, 3.8) is 0 Å². The molecule has 37 heavy (non-hydrogen) atoms. The first-order valence-electron chi connectivity index (χ1n) is 12.0. The molecule has 3 aromatic rings. The molecule has 2 N–H and O–H groups in total. The van der Waals surface area contributed by atoms with Gasteiger partial charge in [-0.25, -0.2) is 4.39 Å². The normalized spacial score (nSPS) is 12.8. The van der Waals surface area contributed by atoms with E-state index in [0.29, 0.717) is 12.1 Å². The summed E-state index contributed by atoms with van der Waals surface area (Å²) in [4.78, 5) is 42.8. The summed E-state index contributed by atoms with van der Waals surface area (Å²) in [5, 5.41) is 5.70. The Hall–Kier alpha value is -4.07. The Bertz CT molecular complexity index is 1210. The van der Waals surface area contributed by atoms with E-state index in [4.69, 9.17) is 4.74 Å². The van der Waals surface area contributed by atoms with Gasteiger partial charge in [-0.15, -0.1) is 0 Å². The number of nitrogens with one attached hydrogen (secondary N) is 2. The van der Waals surface area contributed by atoms with Gasteiger partial charge in [0.2, 0.25) is 5.91 Å². The third-order valence-electron chi connectivity index (χ3n) is 5.93. The molecular formula is C29H32FN3O4. The van der Waals surface area contributed by atoms with E-state index in [1.165, 1.54) is 25.4 Å². The molecule has 2 atom stereocenters. The summed E-state index contributed by atoms with van der Waals surface area (Å²) < 4.78 is 18.1. The number of nitrogens with zero attached hydrogens (tertiary/aromatic N) is 1. The second-order valence-corrected chi connectivity index (χ2v) is 9.66. The highest BCUT2D eigenvalue weighted by atomic mass is 19.1. The van der Waals surface area contributed by atoms with E-state index in [1.807, 2.05) is 44.2 Å². The summed E-state index contributed by atoms with van der Waals surface area (Å²) in [5.74, 6) is -2.37. The number of rotatable bonds is 10. The minimum absolute atomic E-state index is 0.0480. The maximum absolute atomic E-state index is 13.3. The maximum atomic E-state index is 13.3. The molecule has 7 nitrogen and oxygen atoms in total. The van der Waals surface area contributed by atoms with Crippen LogP contribution in [0.2, 0.25) is 0 Å². The lowest BCUT2D eigenvalue weighted by Gasteiger charge is -2.30. The molecule has 0 fully saturated rings. The molecule has 0 aliphatic rings. The third-order valence-corrected chi connectivity index (χ3v) is 5.93. The fourth-order valence-electron chi connectivity index (χ4n) is 4.01. The molecule has 0 saturated heterocycles. The number of carbonyl (C=O) groups excluding carboxylic acids is 3. The Kier molecular flexibility index (Phi) is 9.11.